The number of benzene rings is 3. The lowest BCUT2D eigenvalue weighted by Gasteiger charge is -2.37. The van der Waals surface area contributed by atoms with Gasteiger partial charge in [0, 0.05) is 24.3 Å². The lowest BCUT2D eigenvalue weighted by molar-refractivity contribution is 0.162. The number of amides is 1. The molecule has 0 aliphatic rings. The fourth-order valence-corrected chi connectivity index (χ4v) is 8.34. The van der Waals surface area contributed by atoms with Gasteiger partial charge in [0.05, 0.1) is 33.9 Å². The first-order chi connectivity index (χ1) is 20.4. The smallest absolute Gasteiger partial charge is 0.414 e. The molecule has 0 fully saturated rings. The van der Waals surface area contributed by atoms with Crippen molar-refractivity contribution in [1.82, 2.24) is 0 Å². The second kappa shape index (κ2) is 16.1. The van der Waals surface area contributed by atoms with Gasteiger partial charge in [-0.25, -0.2) is 4.79 Å². The molecule has 246 valence electrons. The summed E-state index contributed by atoms with van der Waals surface area (Å²) >= 11 is 0. The number of hydrogen-bond acceptors (Lipinski definition) is 4. The van der Waals surface area contributed by atoms with Crippen molar-refractivity contribution in [1.29, 1.82) is 0 Å². The van der Waals surface area contributed by atoms with Crippen molar-refractivity contribution in [3.63, 3.8) is 0 Å². The Bertz CT molecular complexity index is 1270. The molecule has 3 rings (SSSR count). The van der Waals surface area contributed by atoms with E-state index in [1.54, 1.807) is 11.9 Å². The summed E-state index contributed by atoms with van der Waals surface area (Å²) in [5.41, 5.74) is 2.77. The van der Waals surface area contributed by atoms with Crippen LogP contribution in [-0.4, -0.2) is 51.0 Å². The highest BCUT2D eigenvalue weighted by Gasteiger charge is 2.39. The molecule has 1 amide bonds. The summed E-state index contributed by atoms with van der Waals surface area (Å²) in [6, 6.07) is 27.2. The molecule has 45 heavy (non-hydrogen) atoms. The summed E-state index contributed by atoms with van der Waals surface area (Å²) in [7, 11) is -2.88. The van der Waals surface area contributed by atoms with E-state index in [4.69, 9.17) is 13.6 Å². The van der Waals surface area contributed by atoms with Gasteiger partial charge in [-0.15, -0.1) is 0 Å². The summed E-state index contributed by atoms with van der Waals surface area (Å²) in [4.78, 5) is 15.3. The zero-order valence-corrected chi connectivity index (χ0v) is 31.8. The minimum absolute atomic E-state index is 0. The molecule has 0 heterocycles. The quantitative estimate of drug-likeness (QED) is 0.144. The molecule has 0 aliphatic carbocycles. The molecule has 3 aromatic rings. The van der Waals surface area contributed by atoms with Crippen LogP contribution < -0.4 is 15.5 Å². The number of ether oxygens (including phenoxy) is 1. The summed E-state index contributed by atoms with van der Waals surface area (Å²) < 4.78 is 19.3. The van der Waals surface area contributed by atoms with Crippen molar-refractivity contribution in [3.8, 4) is 0 Å². The number of anilines is 1. The van der Waals surface area contributed by atoms with E-state index < -0.39 is 24.6 Å². The number of hydrogen-bond donors (Lipinski definition) is 0. The van der Waals surface area contributed by atoms with Gasteiger partial charge in [-0.1, -0.05) is 120 Å². The van der Waals surface area contributed by atoms with Crippen LogP contribution >= 0.6 is 7.92 Å². The van der Waals surface area contributed by atoms with Gasteiger partial charge in [-0.2, -0.15) is 0 Å². The molecule has 0 bridgehead atoms. The van der Waals surface area contributed by atoms with Crippen molar-refractivity contribution in [2.75, 3.05) is 24.7 Å². The first kappa shape index (κ1) is 39.0. The minimum Gasteiger partial charge on any atom is -0.449 e. The van der Waals surface area contributed by atoms with Gasteiger partial charge in [0.2, 0.25) is 0 Å². The predicted octanol–water partition coefficient (Wildman–Crippen LogP) is 8.25. The third kappa shape index (κ3) is 10.4. The second-order valence-electron chi connectivity index (χ2n) is 14.5. The van der Waals surface area contributed by atoms with Crippen molar-refractivity contribution >= 4 is 55.4 Å². The summed E-state index contributed by atoms with van der Waals surface area (Å²) in [5.74, 6) is 0. The Morgan fingerprint density at radius 2 is 1.09 bits per heavy atom. The van der Waals surface area contributed by atoms with E-state index in [1.807, 2.05) is 18.2 Å². The molecule has 3 aromatic carbocycles. The van der Waals surface area contributed by atoms with Crippen LogP contribution in [0.25, 0.3) is 0 Å². The molecule has 0 radical (unpaired) electrons. The van der Waals surface area contributed by atoms with Gasteiger partial charge in [0.25, 0.3) is 0 Å². The Balaban J connectivity index is 0.00000705. The first-order valence-electron chi connectivity index (χ1n) is 15.6. The molecule has 0 spiro atoms. The molecule has 0 atom stereocenters. The Morgan fingerprint density at radius 1 is 0.689 bits per heavy atom. The summed E-state index contributed by atoms with van der Waals surface area (Å²) in [6.07, 6.45) is 0.384. The summed E-state index contributed by atoms with van der Waals surface area (Å²) in [6.45, 7) is 23.7. The van der Waals surface area contributed by atoms with Gasteiger partial charge in [-0.3, -0.25) is 4.90 Å². The number of nitrogens with zero attached hydrogens (tertiary/aromatic N) is 1. The zero-order valence-electron chi connectivity index (χ0n) is 28.9. The molecule has 0 saturated carbocycles. The first-order valence-corrected chi connectivity index (χ1v) is 23.0. The molecule has 9 heteroatoms. The van der Waals surface area contributed by atoms with E-state index in [2.05, 4.69) is 128 Å². The molecule has 0 unspecified atom stereocenters. The van der Waals surface area contributed by atoms with Crippen molar-refractivity contribution in [2.45, 2.75) is 91.0 Å². The lowest BCUT2D eigenvalue weighted by atomic mass is 10.1. The monoisotopic (exact) mass is 665 g/mol. The third-order valence-corrected chi connectivity index (χ3v) is 20.7. The fraction of sp³-hybridized carbons (Fsp3) is 0.472. The van der Waals surface area contributed by atoms with E-state index in [9.17, 15) is 4.79 Å². The van der Waals surface area contributed by atoms with Crippen LogP contribution in [0.15, 0.2) is 78.9 Å². The Hall–Kier alpha value is -2.22. The molecule has 0 saturated heterocycles. The Morgan fingerprint density at radius 3 is 1.47 bits per heavy atom. The topological polar surface area (TPSA) is 48.0 Å². The molecule has 0 aliphatic heterocycles. The van der Waals surface area contributed by atoms with Crippen molar-refractivity contribution < 1.29 is 18.4 Å². The molecule has 0 N–H and O–H groups in total. The van der Waals surface area contributed by atoms with E-state index in [-0.39, 0.29) is 24.6 Å². The van der Waals surface area contributed by atoms with Gasteiger partial charge < -0.3 is 13.6 Å². The van der Waals surface area contributed by atoms with Crippen LogP contribution in [0, 0.1) is 0 Å². The highest BCUT2D eigenvalue weighted by molar-refractivity contribution is 7.73. The molecular formula is C36H57BNO4PSi2. The van der Waals surface area contributed by atoms with Crippen LogP contribution in [0.3, 0.4) is 0 Å². The molecular weight excluding hydrogens is 608 g/mol. The zero-order chi connectivity index (χ0) is 32.8. The van der Waals surface area contributed by atoms with Crippen LogP contribution in [0.5, 0.6) is 0 Å². The van der Waals surface area contributed by atoms with E-state index in [0.29, 0.717) is 19.8 Å². The Labute approximate surface area is 278 Å². The van der Waals surface area contributed by atoms with Gasteiger partial charge >= 0.3 is 6.09 Å². The largest absolute Gasteiger partial charge is 0.449 e. The maximum atomic E-state index is 13.7. The van der Waals surface area contributed by atoms with Crippen LogP contribution in [0.4, 0.5) is 10.5 Å². The van der Waals surface area contributed by atoms with Crippen molar-refractivity contribution in [3.05, 3.63) is 90.0 Å². The number of carbonyl (C=O) groups excluding carboxylic acids is 1. The van der Waals surface area contributed by atoms with Crippen LogP contribution in [-0.2, 0) is 26.8 Å². The second-order valence-corrected chi connectivity index (χ2v) is 26.5. The SMILES string of the molecule is B.CN(C(=O)OCCP(c1ccccc1)c1ccccc1)c1c(CO[Si](C)(C)C(C)(C)C)cccc1CO[Si](C)(C)C(C)(C)C. The normalized spacial score (nSPS) is 12.5. The molecule has 5 nitrogen and oxygen atoms in total. The maximum absolute atomic E-state index is 13.7. The van der Waals surface area contributed by atoms with Gasteiger partial charge in [0.15, 0.2) is 16.6 Å². The van der Waals surface area contributed by atoms with E-state index >= 15 is 0 Å². The van der Waals surface area contributed by atoms with Gasteiger partial charge in [0.1, 0.15) is 0 Å². The van der Waals surface area contributed by atoms with Crippen LogP contribution in [0.2, 0.25) is 36.3 Å². The average Bonchev–Trinajstić information content (AvgIpc) is 2.96. The number of carbonyl (C=O) groups is 1. The molecule has 0 aromatic heterocycles. The van der Waals surface area contributed by atoms with E-state index in [0.717, 1.165) is 23.0 Å². The minimum atomic E-state index is -2.02. The summed E-state index contributed by atoms with van der Waals surface area (Å²) in [5, 5.41) is 2.71. The maximum Gasteiger partial charge on any atom is 0.414 e. The van der Waals surface area contributed by atoms with E-state index in [1.165, 1.54) is 10.6 Å². The number of rotatable bonds is 12. The standard InChI is InChI=1S/C36H54NO4PSi2.BH3/c1-35(2,3)43(8,9)40-27-29-19-18-20-30(28-41-44(10,11)36(4,5)6)33(29)37(7)34(38)39-25-26-42(31-21-14-12-15-22-31)32-23-16-13-17-24-32;/h12-24H,25-28H2,1-11H3;1H3. The third-order valence-electron chi connectivity index (χ3n) is 9.28. The highest BCUT2D eigenvalue weighted by Crippen LogP contribution is 2.40. The fourth-order valence-electron chi connectivity index (χ4n) is 4.29. The number of para-hydroxylation sites is 1. The average molecular weight is 666 g/mol. The lowest BCUT2D eigenvalue weighted by Crippen LogP contribution is -2.41. The van der Waals surface area contributed by atoms with Gasteiger partial charge in [-0.05, 0) is 54.8 Å². The Kier molecular flexibility index (Phi) is 13.9. The predicted molar refractivity (Wildman–Crippen MR) is 204 cm³/mol. The van der Waals surface area contributed by atoms with Crippen molar-refractivity contribution in [2.24, 2.45) is 0 Å². The highest BCUT2D eigenvalue weighted by atomic mass is 31.1. The van der Waals surface area contributed by atoms with Crippen LogP contribution in [0.1, 0.15) is 52.7 Å².